The fourth-order valence-corrected chi connectivity index (χ4v) is 4.34. The maximum absolute atomic E-state index is 14.2. The van der Waals surface area contributed by atoms with Crippen molar-refractivity contribution < 1.29 is 9.18 Å². The summed E-state index contributed by atoms with van der Waals surface area (Å²) in [6.07, 6.45) is 4.83. The second kappa shape index (κ2) is 9.57. The van der Waals surface area contributed by atoms with E-state index in [4.69, 9.17) is 0 Å². The van der Waals surface area contributed by atoms with Crippen LogP contribution in [-0.2, 0) is 11.2 Å². The van der Waals surface area contributed by atoms with E-state index in [9.17, 15) is 9.18 Å². The van der Waals surface area contributed by atoms with E-state index in [0.717, 1.165) is 47.1 Å². The fraction of sp³-hybridized carbons (Fsp3) is 0.500. The van der Waals surface area contributed by atoms with Crippen molar-refractivity contribution >= 4 is 23.4 Å². The Morgan fingerprint density at radius 3 is 2.69 bits per heavy atom. The van der Waals surface area contributed by atoms with E-state index in [2.05, 4.69) is 15.3 Å². The number of halogens is 1. The summed E-state index contributed by atoms with van der Waals surface area (Å²) in [6.45, 7) is 7.35. The number of nitrogens with one attached hydrogen (secondary N) is 1. The number of thioether (sulfide) groups is 1. The van der Waals surface area contributed by atoms with Gasteiger partial charge in [-0.1, -0.05) is 17.8 Å². The normalized spacial score (nSPS) is 16.7. The van der Waals surface area contributed by atoms with Crippen LogP contribution in [0.2, 0.25) is 0 Å². The first-order valence-corrected chi connectivity index (χ1v) is 11.3. The van der Waals surface area contributed by atoms with Gasteiger partial charge in [0.25, 0.3) is 0 Å². The van der Waals surface area contributed by atoms with E-state index in [0.29, 0.717) is 25.1 Å². The minimum absolute atomic E-state index is 0.0225. The van der Waals surface area contributed by atoms with Crippen LogP contribution in [0.25, 0.3) is 0 Å². The summed E-state index contributed by atoms with van der Waals surface area (Å²) in [5.74, 6) is -0.184. The molecular formula is C22H29FN4OS. The summed E-state index contributed by atoms with van der Waals surface area (Å²) in [7, 11) is 0. The van der Waals surface area contributed by atoms with Crippen molar-refractivity contribution in [3.63, 3.8) is 0 Å². The molecule has 3 rings (SSSR count). The van der Waals surface area contributed by atoms with Crippen LogP contribution in [-0.4, -0.2) is 41.3 Å². The van der Waals surface area contributed by atoms with Crippen molar-refractivity contribution in [1.29, 1.82) is 0 Å². The Hall–Kier alpha value is -2.15. The van der Waals surface area contributed by atoms with Crippen molar-refractivity contribution in [2.75, 3.05) is 24.2 Å². The van der Waals surface area contributed by atoms with Crippen molar-refractivity contribution in [3.05, 3.63) is 46.5 Å². The monoisotopic (exact) mass is 416 g/mol. The molecule has 0 radical (unpaired) electrons. The number of benzene rings is 1. The summed E-state index contributed by atoms with van der Waals surface area (Å²) >= 11 is 1.52. The van der Waals surface area contributed by atoms with Gasteiger partial charge in [-0.3, -0.25) is 4.79 Å². The number of aryl methyl sites for hydroxylation is 3. The van der Waals surface area contributed by atoms with Crippen molar-refractivity contribution in [3.8, 4) is 0 Å². The lowest BCUT2D eigenvalue weighted by atomic mass is 10.0. The highest BCUT2D eigenvalue weighted by Crippen LogP contribution is 2.24. The zero-order valence-electron chi connectivity index (χ0n) is 17.6. The summed E-state index contributed by atoms with van der Waals surface area (Å²) in [4.78, 5) is 23.6. The Balaban J connectivity index is 1.57. The maximum atomic E-state index is 14.2. The molecule has 1 unspecified atom stereocenters. The molecular weight excluding hydrogens is 387 g/mol. The molecule has 1 aliphatic heterocycles. The molecule has 1 aromatic heterocycles. The van der Waals surface area contributed by atoms with Gasteiger partial charge in [0.15, 0.2) is 5.16 Å². The Labute approximate surface area is 176 Å². The molecule has 1 amide bonds. The van der Waals surface area contributed by atoms with Crippen LogP contribution in [0.5, 0.6) is 0 Å². The van der Waals surface area contributed by atoms with Crippen LogP contribution in [0.1, 0.15) is 41.8 Å². The standard InChI is InChI=1S/C22H29FN4OS/c1-14-7-9-19(23)20(12-14)27-11-5-6-17(13-27)26-21(28)10-8-18-15(2)24-22(29-4)25-16(18)3/h7,9,12,17H,5-6,8,10-11,13H2,1-4H3,(H,26,28). The third kappa shape index (κ3) is 5.47. The minimum atomic E-state index is -0.206. The smallest absolute Gasteiger partial charge is 0.220 e. The number of anilines is 1. The number of hydrogen-bond acceptors (Lipinski definition) is 5. The van der Waals surface area contributed by atoms with Gasteiger partial charge in [-0.05, 0) is 69.5 Å². The lowest BCUT2D eigenvalue weighted by Gasteiger charge is -2.35. The maximum Gasteiger partial charge on any atom is 0.220 e. The van der Waals surface area contributed by atoms with E-state index in [1.54, 1.807) is 6.07 Å². The number of carbonyl (C=O) groups excluding carboxylic acids is 1. The SMILES string of the molecule is CSc1nc(C)c(CCC(=O)NC2CCCN(c3cc(C)ccc3F)C2)c(C)n1. The molecule has 2 aromatic rings. The highest BCUT2D eigenvalue weighted by atomic mass is 32.2. The summed E-state index contributed by atoms with van der Waals surface area (Å²) in [5.41, 5.74) is 4.58. The van der Waals surface area contributed by atoms with E-state index >= 15 is 0 Å². The van der Waals surface area contributed by atoms with Gasteiger partial charge in [0.2, 0.25) is 5.91 Å². The zero-order chi connectivity index (χ0) is 21.0. The summed E-state index contributed by atoms with van der Waals surface area (Å²) in [6, 6.07) is 5.21. The van der Waals surface area contributed by atoms with E-state index < -0.39 is 0 Å². The molecule has 29 heavy (non-hydrogen) atoms. The number of carbonyl (C=O) groups is 1. The van der Waals surface area contributed by atoms with Crippen LogP contribution in [0.3, 0.4) is 0 Å². The summed E-state index contributed by atoms with van der Waals surface area (Å²) < 4.78 is 14.2. The molecule has 1 fully saturated rings. The molecule has 1 atom stereocenters. The highest BCUT2D eigenvalue weighted by Gasteiger charge is 2.23. The van der Waals surface area contributed by atoms with Crippen molar-refractivity contribution in [2.24, 2.45) is 0 Å². The van der Waals surface area contributed by atoms with Crippen LogP contribution >= 0.6 is 11.8 Å². The summed E-state index contributed by atoms with van der Waals surface area (Å²) in [5, 5.41) is 3.90. The molecule has 1 aromatic carbocycles. The Morgan fingerprint density at radius 1 is 1.28 bits per heavy atom. The minimum Gasteiger partial charge on any atom is -0.367 e. The second-order valence-corrected chi connectivity index (χ2v) is 8.44. The first-order valence-electron chi connectivity index (χ1n) is 10.1. The van der Waals surface area contributed by atoms with Gasteiger partial charge in [0.1, 0.15) is 5.82 Å². The molecule has 0 aliphatic carbocycles. The Bertz CT molecular complexity index is 866. The molecule has 2 heterocycles. The third-order valence-corrected chi connectivity index (χ3v) is 5.96. The number of nitrogens with zero attached hydrogens (tertiary/aromatic N) is 3. The Kier molecular flexibility index (Phi) is 7.11. The predicted molar refractivity (Wildman–Crippen MR) is 116 cm³/mol. The fourth-order valence-electron chi connectivity index (χ4n) is 3.88. The third-order valence-electron chi connectivity index (χ3n) is 5.41. The van der Waals surface area contributed by atoms with Gasteiger partial charge < -0.3 is 10.2 Å². The number of rotatable bonds is 6. The number of piperidine rings is 1. The van der Waals surface area contributed by atoms with Gasteiger partial charge in [-0.15, -0.1) is 0 Å². The van der Waals surface area contributed by atoms with Crippen LogP contribution in [0.4, 0.5) is 10.1 Å². The number of aromatic nitrogens is 2. The molecule has 0 spiro atoms. The quantitative estimate of drug-likeness (QED) is 0.570. The van der Waals surface area contributed by atoms with Crippen LogP contribution in [0.15, 0.2) is 23.4 Å². The molecule has 0 saturated carbocycles. The first kappa shape index (κ1) is 21.6. The van der Waals surface area contributed by atoms with E-state index in [-0.39, 0.29) is 17.8 Å². The lowest BCUT2D eigenvalue weighted by molar-refractivity contribution is -0.121. The highest BCUT2D eigenvalue weighted by molar-refractivity contribution is 7.98. The van der Waals surface area contributed by atoms with Crippen LogP contribution in [0, 0.1) is 26.6 Å². The topological polar surface area (TPSA) is 58.1 Å². The molecule has 1 saturated heterocycles. The van der Waals surface area contributed by atoms with Gasteiger partial charge in [0.05, 0.1) is 5.69 Å². The van der Waals surface area contributed by atoms with Gasteiger partial charge in [-0.25, -0.2) is 14.4 Å². The van der Waals surface area contributed by atoms with E-state index in [1.807, 2.05) is 38.0 Å². The zero-order valence-corrected chi connectivity index (χ0v) is 18.4. The predicted octanol–water partition coefficient (Wildman–Crippen LogP) is 3.98. The average molecular weight is 417 g/mol. The molecule has 7 heteroatoms. The second-order valence-electron chi connectivity index (χ2n) is 7.67. The van der Waals surface area contributed by atoms with Crippen molar-refractivity contribution in [1.82, 2.24) is 15.3 Å². The molecule has 0 bridgehead atoms. The average Bonchev–Trinajstić information content (AvgIpc) is 2.69. The molecule has 156 valence electrons. The van der Waals surface area contributed by atoms with Crippen molar-refractivity contribution in [2.45, 2.75) is 57.7 Å². The molecule has 5 nitrogen and oxygen atoms in total. The van der Waals surface area contributed by atoms with Gasteiger partial charge >= 0.3 is 0 Å². The molecule has 1 N–H and O–H groups in total. The van der Waals surface area contributed by atoms with Gasteiger partial charge in [0, 0.05) is 36.9 Å². The van der Waals surface area contributed by atoms with Crippen LogP contribution < -0.4 is 10.2 Å². The number of amides is 1. The van der Waals surface area contributed by atoms with E-state index in [1.165, 1.54) is 17.8 Å². The van der Waals surface area contributed by atoms with Gasteiger partial charge in [-0.2, -0.15) is 0 Å². The lowest BCUT2D eigenvalue weighted by Crippen LogP contribution is -2.48. The largest absolute Gasteiger partial charge is 0.367 e. The molecule has 1 aliphatic rings. The number of hydrogen-bond donors (Lipinski definition) is 1. The Morgan fingerprint density at radius 2 is 2.00 bits per heavy atom. The first-order chi connectivity index (χ1) is 13.9.